The minimum atomic E-state index is -1.75. The predicted molar refractivity (Wildman–Crippen MR) is 41.9 cm³/mol. The Kier molecular flexibility index (Phi) is 7.94. The Morgan fingerprint density at radius 3 is 1.46 bits per heavy atom. The van der Waals surface area contributed by atoms with E-state index in [-0.39, 0.29) is 12.4 Å². The molecule has 0 aromatic heterocycles. The van der Waals surface area contributed by atoms with Gasteiger partial charge in [-0.3, -0.25) is 0 Å². The molecule has 0 saturated carbocycles. The highest BCUT2D eigenvalue weighted by molar-refractivity contribution is 5.48. The molecule has 0 atom stereocenters. The number of rotatable bonds is 0. The fourth-order valence-electron chi connectivity index (χ4n) is 0.557. The van der Waals surface area contributed by atoms with Crippen LogP contribution in [-0.2, 0) is 0 Å². The lowest BCUT2D eigenvalue weighted by Gasteiger charge is -1.85. The van der Waals surface area contributed by atoms with Crippen LogP contribution in [0.4, 0.5) is 11.4 Å². The first-order valence-corrected chi connectivity index (χ1v) is 3.08. The van der Waals surface area contributed by atoms with Crippen LogP contribution in [0.2, 0.25) is 0 Å². The third-order valence-electron chi connectivity index (χ3n) is 1.12. The minimum Gasteiger partial charge on any atom is -1.00 e. The summed E-state index contributed by atoms with van der Waals surface area (Å²) in [7, 11) is 0. The molecule has 1 aromatic carbocycles. The van der Waals surface area contributed by atoms with Gasteiger partial charge in [-0.15, -0.1) is 0 Å². The summed E-state index contributed by atoms with van der Waals surface area (Å²) in [5.41, 5.74) is 9.53. The first-order chi connectivity index (χ1) is 5.54. The van der Waals surface area contributed by atoms with Gasteiger partial charge in [0, 0.05) is 12.1 Å². The van der Waals surface area contributed by atoms with Gasteiger partial charge in [0.15, 0.2) is 11.4 Å². The molecule has 0 saturated heterocycles. The van der Waals surface area contributed by atoms with Crippen molar-refractivity contribution in [2.75, 3.05) is 0 Å². The van der Waals surface area contributed by atoms with Gasteiger partial charge < -0.3 is 39.2 Å². The third kappa shape index (κ3) is 8.54. The van der Waals surface area contributed by atoms with Crippen LogP contribution in [0.3, 0.4) is 0 Å². The molecule has 0 spiro atoms. The zero-order valence-electron chi connectivity index (χ0n) is 6.77. The number of hydrogen-bond acceptors (Lipinski definition) is 3. The molecular weight excluding hydrogens is 198 g/mol. The smallest absolute Gasteiger partial charge is 0.189 e. The lowest BCUT2D eigenvalue weighted by atomic mass is 10.3. The number of halogens is 1. The Bertz CT molecular complexity index is 244. The van der Waals surface area contributed by atoms with Crippen molar-refractivity contribution >= 4 is 11.4 Å². The maximum Gasteiger partial charge on any atom is 0.189 e. The monoisotopic (exact) mass is 207 g/mol. The van der Waals surface area contributed by atoms with E-state index in [9.17, 15) is 0 Å². The molecule has 0 aliphatic heterocycles. The maximum atomic E-state index is 8.25. The normalized spacial score (nSPS) is 7.54. The minimum absolute atomic E-state index is 0. The molecule has 0 bridgehead atoms. The van der Waals surface area contributed by atoms with Crippen LogP contribution in [0.25, 0.3) is 0 Å². The highest BCUT2D eigenvalue weighted by Crippen LogP contribution is 2.05. The van der Waals surface area contributed by atoms with E-state index < -0.39 is 5.09 Å². The van der Waals surface area contributed by atoms with Crippen molar-refractivity contribution in [2.45, 2.75) is 0 Å². The molecule has 6 nitrogen and oxygen atoms in total. The van der Waals surface area contributed by atoms with E-state index in [0.29, 0.717) is 0 Å². The molecule has 0 heterocycles. The topological polar surface area (TPSA) is 121 Å². The van der Waals surface area contributed by atoms with E-state index in [1.807, 2.05) is 24.3 Å². The van der Waals surface area contributed by atoms with Gasteiger partial charge in [-0.2, -0.15) is 0 Å². The summed E-state index contributed by atoms with van der Waals surface area (Å²) in [5, 5.41) is 14.8. The average Bonchev–Trinajstić information content (AvgIpc) is 1.94. The molecule has 1 aromatic rings. The van der Waals surface area contributed by atoms with Crippen LogP contribution >= 0.6 is 0 Å². The summed E-state index contributed by atoms with van der Waals surface area (Å²) in [4.78, 5) is 8.25. The van der Waals surface area contributed by atoms with Gasteiger partial charge >= 0.3 is 0 Å². The fraction of sp³-hybridized carbons (Fsp3) is 0. The molecule has 0 amide bonds. The van der Waals surface area contributed by atoms with Gasteiger partial charge in [-0.05, 0) is 0 Å². The molecule has 0 radical (unpaired) electrons. The highest BCUT2D eigenvalue weighted by atomic mass is 35.5. The molecule has 0 fully saturated rings. The largest absolute Gasteiger partial charge is 1.00 e. The molecule has 0 aliphatic carbocycles. The summed E-state index contributed by atoms with van der Waals surface area (Å²) >= 11 is 0. The van der Waals surface area contributed by atoms with Gasteiger partial charge in [0.05, 0.1) is 5.09 Å². The van der Waals surface area contributed by atoms with Crippen molar-refractivity contribution in [3.8, 4) is 0 Å². The van der Waals surface area contributed by atoms with E-state index >= 15 is 0 Å². The van der Waals surface area contributed by atoms with Crippen molar-refractivity contribution in [3.05, 3.63) is 39.6 Å². The zero-order chi connectivity index (χ0) is 9.56. The Hall–Kier alpha value is -1.37. The van der Waals surface area contributed by atoms with E-state index in [0.717, 1.165) is 11.4 Å². The maximum absolute atomic E-state index is 8.25. The Labute approximate surface area is 80.7 Å². The van der Waals surface area contributed by atoms with Crippen molar-refractivity contribution in [3.63, 3.8) is 0 Å². The van der Waals surface area contributed by atoms with Crippen molar-refractivity contribution in [1.29, 1.82) is 0 Å². The highest BCUT2D eigenvalue weighted by Gasteiger charge is 1.94. The van der Waals surface area contributed by atoms with Gasteiger partial charge in [-0.1, -0.05) is 12.1 Å². The van der Waals surface area contributed by atoms with E-state index in [4.69, 9.17) is 15.3 Å². The van der Waals surface area contributed by atoms with E-state index in [1.165, 1.54) is 0 Å². The fourth-order valence-corrected chi connectivity index (χ4v) is 0.557. The number of nitrogens with zero attached hydrogens (tertiary/aromatic N) is 1. The predicted octanol–water partition coefficient (Wildman–Crippen LogP) is -3.80. The van der Waals surface area contributed by atoms with E-state index in [1.54, 1.807) is 0 Å². The summed E-state index contributed by atoms with van der Waals surface area (Å²) in [6.07, 6.45) is 0. The molecule has 6 N–H and O–H groups in total. The lowest BCUT2D eigenvalue weighted by Crippen LogP contribution is -3.00. The van der Waals surface area contributed by atoms with Gasteiger partial charge in [0.2, 0.25) is 0 Å². The molecular formula is C6H10ClN3O3. The first kappa shape index (κ1) is 14.2. The van der Waals surface area contributed by atoms with Crippen LogP contribution < -0.4 is 23.9 Å². The SMILES string of the molecule is O=[N+]([O-])[O-].[Cl-].[NH3+]c1ccccc1[NH3+]. The molecule has 13 heavy (non-hydrogen) atoms. The van der Waals surface area contributed by atoms with E-state index in [2.05, 4.69) is 11.5 Å². The van der Waals surface area contributed by atoms with Crippen LogP contribution in [0.1, 0.15) is 0 Å². The first-order valence-electron chi connectivity index (χ1n) is 3.08. The van der Waals surface area contributed by atoms with Crippen molar-refractivity contribution in [1.82, 2.24) is 0 Å². The molecule has 1 rings (SSSR count). The van der Waals surface area contributed by atoms with Crippen LogP contribution in [0.5, 0.6) is 0 Å². The molecule has 7 heteroatoms. The Balaban J connectivity index is 0. The van der Waals surface area contributed by atoms with Crippen molar-refractivity contribution < 1.29 is 29.0 Å². The number of hydrogen-bond donors (Lipinski definition) is 2. The van der Waals surface area contributed by atoms with Crippen LogP contribution in [0.15, 0.2) is 24.3 Å². The molecule has 0 unspecified atom stereocenters. The second kappa shape index (κ2) is 7.29. The molecule has 0 aliphatic rings. The quantitative estimate of drug-likeness (QED) is 0.335. The van der Waals surface area contributed by atoms with Crippen molar-refractivity contribution in [2.24, 2.45) is 0 Å². The zero-order valence-corrected chi connectivity index (χ0v) is 7.53. The Morgan fingerprint density at radius 2 is 1.31 bits per heavy atom. The third-order valence-corrected chi connectivity index (χ3v) is 1.12. The van der Waals surface area contributed by atoms with Gasteiger partial charge in [0.1, 0.15) is 0 Å². The van der Waals surface area contributed by atoms with Crippen LogP contribution in [0, 0.1) is 15.3 Å². The number of quaternary nitrogens is 2. The van der Waals surface area contributed by atoms with Crippen LogP contribution in [-0.4, -0.2) is 5.09 Å². The van der Waals surface area contributed by atoms with Gasteiger partial charge in [0.25, 0.3) is 0 Å². The summed E-state index contributed by atoms with van der Waals surface area (Å²) in [6, 6.07) is 7.80. The molecule has 74 valence electrons. The lowest BCUT2D eigenvalue weighted by molar-refractivity contribution is -0.402. The summed E-state index contributed by atoms with van der Waals surface area (Å²) < 4.78 is 0. The summed E-state index contributed by atoms with van der Waals surface area (Å²) in [5.74, 6) is 0. The number of benzene rings is 1. The second-order valence-corrected chi connectivity index (χ2v) is 1.99. The summed E-state index contributed by atoms with van der Waals surface area (Å²) in [6.45, 7) is 0. The average molecular weight is 208 g/mol. The standard InChI is InChI=1S/C6H8N2.ClH.NO3/c7-5-3-1-2-4-6(5)8;;2-1(3)4/h1-4H,7-8H2;1H;/q;;-1/p+1. The Morgan fingerprint density at radius 1 is 1.08 bits per heavy atom. The second-order valence-electron chi connectivity index (χ2n) is 1.99. The van der Waals surface area contributed by atoms with Gasteiger partial charge in [-0.25, -0.2) is 0 Å².